The smallest absolute Gasteiger partial charge is 0.289 e. The Balaban J connectivity index is 1.38. The van der Waals surface area contributed by atoms with Crippen LogP contribution in [0.1, 0.15) is 10.6 Å². The molecular formula is C18H24N6O2. The van der Waals surface area contributed by atoms with Gasteiger partial charge >= 0.3 is 0 Å². The van der Waals surface area contributed by atoms with Gasteiger partial charge in [-0.2, -0.15) is 4.98 Å². The summed E-state index contributed by atoms with van der Waals surface area (Å²) in [5, 5.41) is 0. The van der Waals surface area contributed by atoms with Crippen LogP contribution in [0, 0.1) is 0 Å². The number of rotatable bonds is 3. The van der Waals surface area contributed by atoms with Crippen molar-refractivity contribution < 1.29 is 9.21 Å². The van der Waals surface area contributed by atoms with Crippen molar-refractivity contribution >= 4 is 17.7 Å². The highest BCUT2D eigenvalue weighted by molar-refractivity contribution is 5.91. The first-order valence-electron chi connectivity index (χ1n) is 9.05. The first-order chi connectivity index (χ1) is 12.7. The minimum Gasteiger partial charge on any atom is -0.459 e. The average molecular weight is 356 g/mol. The molecule has 8 nitrogen and oxygen atoms in total. The molecule has 0 atom stereocenters. The maximum atomic E-state index is 12.4. The number of anilines is 2. The van der Waals surface area contributed by atoms with Crippen molar-refractivity contribution in [2.24, 2.45) is 0 Å². The molecule has 0 unspecified atom stereocenters. The number of carbonyl (C=O) groups excluding carboxylic acids is 1. The van der Waals surface area contributed by atoms with Crippen LogP contribution in [0.2, 0.25) is 0 Å². The fourth-order valence-corrected chi connectivity index (χ4v) is 3.37. The van der Waals surface area contributed by atoms with Gasteiger partial charge in [-0.05, 0) is 25.2 Å². The highest BCUT2D eigenvalue weighted by atomic mass is 16.3. The lowest BCUT2D eigenvalue weighted by Crippen LogP contribution is -2.49. The van der Waals surface area contributed by atoms with E-state index in [1.54, 1.807) is 12.1 Å². The summed E-state index contributed by atoms with van der Waals surface area (Å²) in [6, 6.07) is 5.40. The molecule has 0 N–H and O–H groups in total. The molecule has 4 rings (SSSR count). The first-order valence-corrected chi connectivity index (χ1v) is 9.05. The molecule has 2 aromatic heterocycles. The molecule has 1 amide bonds. The Bertz CT molecular complexity index is 734. The average Bonchev–Trinajstić information content (AvgIpc) is 3.23. The van der Waals surface area contributed by atoms with Gasteiger partial charge in [-0.25, -0.2) is 4.98 Å². The van der Waals surface area contributed by atoms with E-state index >= 15 is 0 Å². The second-order valence-electron chi connectivity index (χ2n) is 6.76. The molecule has 4 heterocycles. The van der Waals surface area contributed by atoms with Crippen molar-refractivity contribution in [1.29, 1.82) is 0 Å². The molecule has 2 aliphatic rings. The first kappa shape index (κ1) is 16.8. The molecule has 2 aliphatic heterocycles. The summed E-state index contributed by atoms with van der Waals surface area (Å²) in [5.74, 6) is 2.08. The Labute approximate surface area is 153 Å². The van der Waals surface area contributed by atoms with Crippen LogP contribution in [0.5, 0.6) is 0 Å². The van der Waals surface area contributed by atoms with Crippen LogP contribution in [-0.4, -0.2) is 85.1 Å². The molecule has 26 heavy (non-hydrogen) atoms. The molecule has 138 valence electrons. The van der Waals surface area contributed by atoms with Crippen LogP contribution in [-0.2, 0) is 0 Å². The van der Waals surface area contributed by atoms with Crippen molar-refractivity contribution in [1.82, 2.24) is 19.8 Å². The summed E-state index contributed by atoms with van der Waals surface area (Å²) >= 11 is 0. The predicted molar refractivity (Wildman–Crippen MR) is 98.6 cm³/mol. The van der Waals surface area contributed by atoms with Crippen LogP contribution < -0.4 is 9.80 Å². The van der Waals surface area contributed by atoms with E-state index in [1.165, 1.54) is 6.26 Å². The molecule has 8 heteroatoms. The molecule has 0 aliphatic carbocycles. The van der Waals surface area contributed by atoms with E-state index in [-0.39, 0.29) is 5.91 Å². The van der Waals surface area contributed by atoms with E-state index in [9.17, 15) is 4.79 Å². The molecule has 0 saturated carbocycles. The number of amides is 1. The highest BCUT2D eigenvalue weighted by Crippen LogP contribution is 2.18. The number of nitrogens with zero attached hydrogens (tertiary/aromatic N) is 6. The van der Waals surface area contributed by atoms with Gasteiger partial charge < -0.3 is 24.0 Å². The number of carbonyl (C=O) groups is 1. The van der Waals surface area contributed by atoms with E-state index in [2.05, 4.69) is 26.7 Å². The van der Waals surface area contributed by atoms with Gasteiger partial charge in [-0.1, -0.05) is 0 Å². The van der Waals surface area contributed by atoms with Crippen LogP contribution in [0.3, 0.4) is 0 Å². The number of hydrogen-bond acceptors (Lipinski definition) is 7. The van der Waals surface area contributed by atoms with Gasteiger partial charge in [0.25, 0.3) is 5.91 Å². The number of hydrogen-bond donors (Lipinski definition) is 0. The van der Waals surface area contributed by atoms with Crippen LogP contribution in [0.15, 0.2) is 35.1 Å². The summed E-state index contributed by atoms with van der Waals surface area (Å²) in [6.45, 7) is 6.79. The molecule has 0 aromatic carbocycles. The third-order valence-corrected chi connectivity index (χ3v) is 5.04. The molecule has 0 spiro atoms. The second kappa shape index (κ2) is 7.33. The molecular weight excluding hydrogens is 332 g/mol. The fraction of sp³-hybridized carbons (Fsp3) is 0.500. The summed E-state index contributed by atoms with van der Waals surface area (Å²) in [6.07, 6.45) is 3.36. The predicted octanol–water partition coefficient (Wildman–Crippen LogP) is 0.784. The number of piperazine rings is 2. The summed E-state index contributed by atoms with van der Waals surface area (Å²) in [4.78, 5) is 30.2. The maximum absolute atomic E-state index is 12.4. The third-order valence-electron chi connectivity index (χ3n) is 5.04. The summed E-state index contributed by atoms with van der Waals surface area (Å²) in [7, 11) is 2.14. The number of aromatic nitrogens is 2. The quantitative estimate of drug-likeness (QED) is 0.805. The van der Waals surface area contributed by atoms with E-state index < -0.39 is 0 Å². The van der Waals surface area contributed by atoms with Crippen molar-refractivity contribution in [3.05, 3.63) is 36.4 Å². The van der Waals surface area contributed by atoms with Gasteiger partial charge in [0, 0.05) is 58.6 Å². The SMILES string of the molecule is CN1CCN(c2nccc(N3CCN(C(=O)c4ccco4)CC3)n2)CC1. The van der Waals surface area contributed by atoms with E-state index in [4.69, 9.17) is 9.40 Å². The van der Waals surface area contributed by atoms with Crippen molar-refractivity contribution in [3.63, 3.8) is 0 Å². The van der Waals surface area contributed by atoms with Crippen LogP contribution >= 0.6 is 0 Å². The normalized spacial score (nSPS) is 19.0. The number of likely N-dealkylation sites (N-methyl/N-ethyl adjacent to an activating group) is 1. The lowest BCUT2D eigenvalue weighted by molar-refractivity contribution is 0.0714. The van der Waals surface area contributed by atoms with Crippen molar-refractivity contribution in [2.45, 2.75) is 0 Å². The zero-order valence-corrected chi connectivity index (χ0v) is 15.0. The zero-order valence-electron chi connectivity index (χ0n) is 15.0. The minimum absolute atomic E-state index is 0.0459. The summed E-state index contributed by atoms with van der Waals surface area (Å²) in [5.41, 5.74) is 0. The molecule has 2 fully saturated rings. The Morgan fingerprint density at radius 1 is 1.00 bits per heavy atom. The maximum Gasteiger partial charge on any atom is 0.289 e. The minimum atomic E-state index is -0.0459. The van der Waals surface area contributed by atoms with Crippen LogP contribution in [0.4, 0.5) is 11.8 Å². The molecule has 2 aromatic rings. The van der Waals surface area contributed by atoms with Crippen molar-refractivity contribution in [3.8, 4) is 0 Å². The fourth-order valence-electron chi connectivity index (χ4n) is 3.37. The van der Waals surface area contributed by atoms with Crippen LogP contribution in [0.25, 0.3) is 0 Å². The van der Waals surface area contributed by atoms with Gasteiger partial charge in [-0.3, -0.25) is 4.79 Å². The van der Waals surface area contributed by atoms with Gasteiger partial charge in [-0.15, -0.1) is 0 Å². The third kappa shape index (κ3) is 3.50. The monoisotopic (exact) mass is 356 g/mol. The molecule has 2 saturated heterocycles. The Morgan fingerprint density at radius 2 is 1.73 bits per heavy atom. The standard InChI is InChI=1S/C18H24N6O2/c1-21-6-8-24(9-7-21)18-19-5-4-16(20-18)22-10-12-23(13-11-22)17(25)15-3-2-14-26-15/h2-5,14H,6-13H2,1H3. The second-order valence-corrected chi connectivity index (χ2v) is 6.76. The molecule has 0 radical (unpaired) electrons. The van der Waals surface area contributed by atoms with Gasteiger partial charge in [0.2, 0.25) is 5.95 Å². The van der Waals surface area contributed by atoms with Crippen molar-refractivity contribution in [2.75, 3.05) is 69.2 Å². The lowest BCUT2D eigenvalue weighted by atomic mass is 10.3. The van der Waals surface area contributed by atoms with Gasteiger partial charge in [0.15, 0.2) is 5.76 Å². The summed E-state index contributed by atoms with van der Waals surface area (Å²) < 4.78 is 5.22. The van der Waals surface area contributed by atoms with E-state index in [1.807, 2.05) is 17.2 Å². The lowest BCUT2D eigenvalue weighted by Gasteiger charge is -2.36. The Kier molecular flexibility index (Phi) is 4.75. The van der Waals surface area contributed by atoms with Gasteiger partial charge in [0.1, 0.15) is 5.82 Å². The highest BCUT2D eigenvalue weighted by Gasteiger charge is 2.25. The zero-order chi connectivity index (χ0) is 17.9. The Hall–Kier alpha value is -2.61. The molecule has 0 bridgehead atoms. The van der Waals surface area contributed by atoms with E-state index in [0.717, 1.165) is 51.0 Å². The Morgan fingerprint density at radius 3 is 2.42 bits per heavy atom. The topological polar surface area (TPSA) is 69.0 Å². The van der Waals surface area contributed by atoms with Gasteiger partial charge in [0.05, 0.1) is 6.26 Å². The van der Waals surface area contributed by atoms with E-state index in [0.29, 0.717) is 18.8 Å². The largest absolute Gasteiger partial charge is 0.459 e. The number of furan rings is 1.